The van der Waals surface area contributed by atoms with Crippen LogP contribution in [0.5, 0.6) is 0 Å². The van der Waals surface area contributed by atoms with Crippen molar-refractivity contribution < 1.29 is 4.42 Å². The van der Waals surface area contributed by atoms with Crippen molar-refractivity contribution in [2.24, 2.45) is 5.92 Å². The molecule has 1 N–H and O–H groups in total. The maximum absolute atomic E-state index is 8.74. The third-order valence-corrected chi connectivity index (χ3v) is 3.42. The van der Waals surface area contributed by atoms with Crippen molar-refractivity contribution in [3.05, 3.63) is 58.5 Å². The molecule has 0 bridgehead atoms. The van der Waals surface area contributed by atoms with Crippen LogP contribution in [-0.4, -0.2) is 0 Å². The highest BCUT2D eigenvalue weighted by Crippen LogP contribution is 2.23. The normalized spacial score (nSPS) is 12.3. The zero-order valence-electron chi connectivity index (χ0n) is 11.6. The summed E-state index contributed by atoms with van der Waals surface area (Å²) >= 11 is 5.92. The fraction of sp³-hybridized carbons (Fsp3) is 0.312. The van der Waals surface area contributed by atoms with Crippen molar-refractivity contribution >= 4 is 11.6 Å². The lowest BCUT2D eigenvalue weighted by Gasteiger charge is -2.22. The van der Waals surface area contributed by atoms with E-state index in [9.17, 15) is 0 Å². The third kappa shape index (κ3) is 3.63. The summed E-state index contributed by atoms with van der Waals surface area (Å²) in [5.74, 6) is 1.54. The lowest BCUT2D eigenvalue weighted by Crippen LogP contribution is -2.25. The molecule has 0 fully saturated rings. The molecule has 0 saturated carbocycles. The third-order valence-electron chi connectivity index (χ3n) is 3.16. The molecule has 2 aromatic rings. The highest BCUT2D eigenvalue weighted by molar-refractivity contribution is 6.30. The van der Waals surface area contributed by atoms with Gasteiger partial charge in [-0.25, -0.2) is 0 Å². The van der Waals surface area contributed by atoms with Gasteiger partial charge in [0.05, 0.1) is 6.54 Å². The molecule has 1 heterocycles. The van der Waals surface area contributed by atoms with Crippen molar-refractivity contribution in [1.82, 2.24) is 5.32 Å². The van der Waals surface area contributed by atoms with E-state index in [-0.39, 0.29) is 6.04 Å². The van der Waals surface area contributed by atoms with Gasteiger partial charge in [-0.3, -0.25) is 0 Å². The van der Waals surface area contributed by atoms with Gasteiger partial charge in [0.25, 0.3) is 0 Å². The molecule has 1 atom stereocenters. The van der Waals surface area contributed by atoms with Crippen molar-refractivity contribution in [3.8, 4) is 6.07 Å². The predicted octanol–water partition coefficient (Wildman–Crippen LogP) is 4.29. The summed E-state index contributed by atoms with van der Waals surface area (Å²) in [6, 6.07) is 13.6. The molecule has 2 rings (SSSR count). The van der Waals surface area contributed by atoms with Gasteiger partial charge in [0.1, 0.15) is 11.8 Å². The van der Waals surface area contributed by atoms with Gasteiger partial charge < -0.3 is 9.73 Å². The molecular weight excluding hydrogens is 272 g/mol. The minimum atomic E-state index is 0.211. The molecule has 0 saturated heterocycles. The van der Waals surface area contributed by atoms with E-state index in [4.69, 9.17) is 21.3 Å². The van der Waals surface area contributed by atoms with E-state index in [0.717, 1.165) is 10.8 Å². The van der Waals surface area contributed by atoms with E-state index < -0.39 is 0 Å². The minimum Gasteiger partial charge on any atom is -0.449 e. The number of hydrogen-bond donors (Lipinski definition) is 1. The van der Waals surface area contributed by atoms with Crippen molar-refractivity contribution in [1.29, 1.82) is 5.26 Å². The second-order valence-electron chi connectivity index (χ2n) is 5.03. The molecule has 0 radical (unpaired) electrons. The Balaban J connectivity index is 2.06. The van der Waals surface area contributed by atoms with E-state index in [1.807, 2.05) is 36.4 Å². The Hall–Kier alpha value is -1.76. The molecule has 0 aliphatic heterocycles. The van der Waals surface area contributed by atoms with Crippen LogP contribution in [0.15, 0.2) is 40.8 Å². The highest BCUT2D eigenvalue weighted by atomic mass is 35.5. The summed E-state index contributed by atoms with van der Waals surface area (Å²) in [4.78, 5) is 0. The zero-order chi connectivity index (χ0) is 14.5. The maximum Gasteiger partial charge on any atom is 0.203 e. The van der Waals surface area contributed by atoms with Gasteiger partial charge in [-0.1, -0.05) is 37.6 Å². The van der Waals surface area contributed by atoms with Crippen molar-refractivity contribution in [3.63, 3.8) is 0 Å². The predicted molar refractivity (Wildman–Crippen MR) is 79.3 cm³/mol. The summed E-state index contributed by atoms with van der Waals surface area (Å²) in [6.07, 6.45) is 0. The number of rotatable bonds is 5. The van der Waals surface area contributed by atoms with Gasteiger partial charge in [-0.15, -0.1) is 0 Å². The Kier molecular flexibility index (Phi) is 4.84. The number of hydrogen-bond acceptors (Lipinski definition) is 3. The molecule has 3 nitrogen and oxygen atoms in total. The van der Waals surface area contributed by atoms with Crippen LogP contribution in [0.4, 0.5) is 0 Å². The average Bonchev–Trinajstić information content (AvgIpc) is 2.88. The molecule has 0 amide bonds. The quantitative estimate of drug-likeness (QED) is 0.893. The summed E-state index contributed by atoms with van der Waals surface area (Å²) in [5.41, 5.74) is 1.19. The first-order chi connectivity index (χ1) is 9.60. The van der Waals surface area contributed by atoms with Crippen LogP contribution >= 0.6 is 11.6 Å². The molecule has 0 aliphatic rings. The standard InChI is InChI=1S/C16H17ClN2O/c1-11(2)16(12-3-5-13(17)6-4-12)19-10-15-8-7-14(9-18)20-15/h3-8,11,16,19H,10H2,1-2H3. The van der Waals surface area contributed by atoms with Crippen LogP contribution in [0.25, 0.3) is 0 Å². The number of furan rings is 1. The summed E-state index contributed by atoms with van der Waals surface area (Å²) in [5, 5.41) is 12.9. The van der Waals surface area contributed by atoms with Gasteiger partial charge in [0, 0.05) is 11.1 Å². The first-order valence-corrected chi connectivity index (χ1v) is 6.95. The van der Waals surface area contributed by atoms with Crippen LogP contribution in [0.2, 0.25) is 5.02 Å². The Labute approximate surface area is 124 Å². The molecular formula is C16H17ClN2O. The van der Waals surface area contributed by atoms with E-state index in [1.54, 1.807) is 6.07 Å². The molecule has 1 unspecified atom stereocenters. The lowest BCUT2D eigenvalue weighted by atomic mass is 9.96. The van der Waals surface area contributed by atoms with E-state index in [0.29, 0.717) is 18.2 Å². The van der Waals surface area contributed by atoms with E-state index in [2.05, 4.69) is 19.2 Å². The molecule has 104 valence electrons. The summed E-state index contributed by atoms with van der Waals surface area (Å²) in [6.45, 7) is 4.91. The lowest BCUT2D eigenvalue weighted by molar-refractivity contribution is 0.382. The van der Waals surface area contributed by atoms with Gasteiger partial charge >= 0.3 is 0 Å². The number of nitrogens with one attached hydrogen (secondary N) is 1. The van der Waals surface area contributed by atoms with Gasteiger partial charge in [-0.2, -0.15) is 5.26 Å². The smallest absolute Gasteiger partial charge is 0.203 e. The Bertz CT molecular complexity index is 596. The number of nitriles is 1. The van der Waals surface area contributed by atoms with Crippen LogP contribution in [-0.2, 0) is 6.54 Å². The molecule has 20 heavy (non-hydrogen) atoms. The topological polar surface area (TPSA) is 49.0 Å². The first-order valence-electron chi connectivity index (χ1n) is 6.58. The molecule has 0 aliphatic carbocycles. The molecule has 4 heteroatoms. The molecule has 1 aromatic heterocycles. The Morgan fingerprint density at radius 1 is 1.20 bits per heavy atom. The number of nitrogens with zero attached hydrogens (tertiary/aromatic N) is 1. The van der Waals surface area contributed by atoms with Crippen LogP contribution < -0.4 is 5.32 Å². The molecule has 0 spiro atoms. The van der Waals surface area contributed by atoms with E-state index in [1.165, 1.54) is 5.56 Å². The Morgan fingerprint density at radius 2 is 1.90 bits per heavy atom. The summed E-state index contributed by atoms with van der Waals surface area (Å²) in [7, 11) is 0. The Morgan fingerprint density at radius 3 is 2.45 bits per heavy atom. The van der Waals surface area contributed by atoms with Crippen LogP contribution in [0.1, 0.15) is 37.0 Å². The van der Waals surface area contributed by atoms with Crippen LogP contribution in [0.3, 0.4) is 0 Å². The summed E-state index contributed by atoms with van der Waals surface area (Å²) < 4.78 is 5.37. The zero-order valence-corrected chi connectivity index (χ0v) is 12.3. The number of halogens is 1. The van der Waals surface area contributed by atoms with Gasteiger partial charge in [-0.05, 0) is 35.7 Å². The fourth-order valence-corrected chi connectivity index (χ4v) is 2.28. The second kappa shape index (κ2) is 6.60. The average molecular weight is 289 g/mol. The highest BCUT2D eigenvalue weighted by Gasteiger charge is 2.15. The fourth-order valence-electron chi connectivity index (χ4n) is 2.15. The van der Waals surface area contributed by atoms with Gasteiger partial charge in [0.2, 0.25) is 5.76 Å². The van der Waals surface area contributed by atoms with Crippen LogP contribution in [0, 0.1) is 17.2 Å². The second-order valence-corrected chi connectivity index (χ2v) is 5.47. The van der Waals surface area contributed by atoms with E-state index >= 15 is 0 Å². The number of benzene rings is 1. The van der Waals surface area contributed by atoms with Crippen molar-refractivity contribution in [2.75, 3.05) is 0 Å². The molecule has 1 aromatic carbocycles. The largest absolute Gasteiger partial charge is 0.449 e. The van der Waals surface area contributed by atoms with Crippen molar-refractivity contribution in [2.45, 2.75) is 26.4 Å². The maximum atomic E-state index is 8.74. The SMILES string of the molecule is CC(C)C(NCc1ccc(C#N)o1)c1ccc(Cl)cc1. The van der Waals surface area contributed by atoms with Gasteiger partial charge in [0.15, 0.2) is 0 Å². The monoisotopic (exact) mass is 288 g/mol. The first kappa shape index (κ1) is 14.6. The minimum absolute atomic E-state index is 0.211.